The quantitative estimate of drug-likeness (QED) is 0.639. The van der Waals surface area contributed by atoms with Crippen molar-refractivity contribution < 1.29 is 0 Å². The zero-order chi connectivity index (χ0) is 12.8. The highest BCUT2D eigenvalue weighted by Crippen LogP contribution is 2.32. The number of nitrogens with one attached hydrogen (secondary N) is 1. The Kier molecular flexibility index (Phi) is 5.24. The van der Waals surface area contributed by atoms with E-state index < -0.39 is 0 Å². The molecule has 1 N–H and O–H groups in total. The van der Waals surface area contributed by atoms with E-state index in [1.54, 1.807) is 0 Å². The Morgan fingerprint density at radius 1 is 1.33 bits per heavy atom. The summed E-state index contributed by atoms with van der Waals surface area (Å²) in [7, 11) is 0. The maximum absolute atomic E-state index is 4.53. The largest absolute Gasteiger partial charge is 0.334 e. The second-order valence-corrected chi connectivity index (χ2v) is 5.67. The van der Waals surface area contributed by atoms with Gasteiger partial charge in [0.15, 0.2) is 0 Å². The summed E-state index contributed by atoms with van der Waals surface area (Å²) in [5.41, 5.74) is 1.18. The Hall–Kier alpha value is -0.830. The van der Waals surface area contributed by atoms with Gasteiger partial charge in [0.2, 0.25) is 0 Å². The van der Waals surface area contributed by atoms with Crippen molar-refractivity contribution in [3.63, 3.8) is 0 Å². The lowest BCUT2D eigenvalue weighted by Crippen LogP contribution is -2.15. The summed E-state index contributed by atoms with van der Waals surface area (Å²) in [6.07, 6.45) is 12.3. The standard InChI is InChI=1S/C15H27N3/c1-3-9-16-10-14-11-18(12-17-14)15-8-6-4-5-7-13(15)2/h11-13,15-16H,3-10H2,1-2H3. The van der Waals surface area contributed by atoms with E-state index in [1.165, 1.54) is 44.2 Å². The minimum absolute atomic E-state index is 0.667. The summed E-state index contributed by atoms with van der Waals surface area (Å²) >= 11 is 0. The first-order chi connectivity index (χ1) is 8.81. The van der Waals surface area contributed by atoms with E-state index in [1.807, 2.05) is 6.33 Å². The summed E-state index contributed by atoms with van der Waals surface area (Å²) in [6.45, 7) is 6.57. The molecule has 0 spiro atoms. The molecule has 1 heterocycles. The molecule has 102 valence electrons. The number of nitrogens with zero attached hydrogens (tertiary/aromatic N) is 2. The van der Waals surface area contributed by atoms with Crippen LogP contribution < -0.4 is 5.32 Å². The Bertz CT molecular complexity index is 345. The van der Waals surface area contributed by atoms with Gasteiger partial charge in [0, 0.05) is 18.8 Å². The van der Waals surface area contributed by atoms with E-state index in [4.69, 9.17) is 0 Å². The number of rotatable bonds is 5. The van der Waals surface area contributed by atoms with Gasteiger partial charge in [0.05, 0.1) is 12.0 Å². The first kappa shape index (κ1) is 13.6. The third-order valence-corrected chi connectivity index (χ3v) is 4.09. The molecule has 2 rings (SSSR count). The van der Waals surface area contributed by atoms with E-state index in [0.29, 0.717) is 6.04 Å². The molecule has 0 aromatic carbocycles. The van der Waals surface area contributed by atoms with Crippen molar-refractivity contribution in [1.82, 2.24) is 14.9 Å². The smallest absolute Gasteiger partial charge is 0.0952 e. The molecule has 0 radical (unpaired) electrons. The molecule has 18 heavy (non-hydrogen) atoms. The van der Waals surface area contributed by atoms with Gasteiger partial charge < -0.3 is 9.88 Å². The third-order valence-electron chi connectivity index (χ3n) is 4.09. The van der Waals surface area contributed by atoms with Gasteiger partial charge in [0.1, 0.15) is 0 Å². The van der Waals surface area contributed by atoms with E-state index in [-0.39, 0.29) is 0 Å². The molecule has 0 saturated heterocycles. The summed E-state index contributed by atoms with van der Waals surface area (Å²) < 4.78 is 2.36. The van der Waals surface area contributed by atoms with Crippen LogP contribution in [-0.2, 0) is 6.54 Å². The minimum Gasteiger partial charge on any atom is -0.334 e. The molecule has 3 heteroatoms. The van der Waals surface area contributed by atoms with E-state index in [0.717, 1.165) is 19.0 Å². The molecule has 1 aliphatic rings. The highest BCUT2D eigenvalue weighted by atomic mass is 15.1. The molecule has 0 aliphatic heterocycles. The van der Waals surface area contributed by atoms with Gasteiger partial charge in [-0.1, -0.05) is 33.1 Å². The van der Waals surface area contributed by atoms with Crippen LogP contribution in [0.4, 0.5) is 0 Å². The fourth-order valence-electron chi connectivity index (χ4n) is 2.96. The lowest BCUT2D eigenvalue weighted by Gasteiger charge is -2.22. The topological polar surface area (TPSA) is 29.9 Å². The lowest BCUT2D eigenvalue weighted by atomic mass is 9.97. The van der Waals surface area contributed by atoms with Crippen molar-refractivity contribution in [3.8, 4) is 0 Å². The van der Waals surface area contributed by atoms with Crippen LogP contribution in [0.1, 0.15) is 64.1 Å². The molecule has 0 bridgehead atoms. The molecular formula is C15H27N3. The molecule has 0 amide bonds. The SMILES string of the molecule is CCCNCc1cn(C2CCCCCC2C)cn1. The molecule has 3 nitrogen and oxygen atoms in total. The number of imidazole rings is 1. The van der Waals surface area contributed by atoms with Gasteiger partial charge >= 0.3 is 0 Å². The average molecular weight is 249 g/mol. The second kappa shape index (κ2) is 6.93. The summed E-state index contributed by atoms with van der Waals surface area (Å²) in [5.74, 6) is 0.790. The molecular weight excluding hydrogens is 222 g/mol. The maximum Gasteiger partial charge on any atom is 0.0952 e. The van der Waals surface area contributed by atoms with Gasteiger partial charge in [-0.05, 0) is 31.7 Å². The molecule has 2 atom stereocenters. The van der Waals surface area contributed by atoms with Crippen LogP contribution >= 0.6 is 0 Å². The Morgan fingerprint density at radius 3 is 3.00 bits per heavy atom. The second-order valence-electron chi connectivity index (χ2n) is 5.67. The Labute approximate surface area is 111 Å². The molecule has 1 fully saturated rings. The van der Waals surface area contributed by atoms with Gasteiger partial charge in [-0.2, -0.15) is 0 Å². The predicted molar refractivity (Wildman–Crippen MR) is 75.5 cm³/mol. The van der Waals surface area contributed by atoms with Crippen molar-refractivity contribution in [2.75, 3.05) is 6.54 Å². The monoisotopic (exact) mass is 249 g/mol. The van der Waals surface area contributed by atoms with Crippen LogP contribution in [0.3, 0.4) is 0 Å². The van der Waals surface area contributed by atoms with Crippen molar-refractivity contribution >= 4 is 0 Å². The first-order valence-electron chi connectivity index (χ1n) is 7.54. The highest BCUT2D eigenvalue weighted by molar-refractivity contribution is 4.98. The minimum atomic E-state index is 0.667. The normalized spacial score (nSPS) is 25.0. The van der Waals surface area contributed by atoms with E-state index in [2.05, 4.69) is 34.9 Å². The third kappa shape index (κ3) is 3.58. The van der Waals surface area contributed by atoms with Gasteiger partial charge in [0.25, 0.3) is 0 Å². The number of hydrogen-bond acceptors (Lipinski definition) is 2. The van der Waals surface area contributed by atoms with Crippen molar-refractivity contribution in [2.24, 2.45) is 5.92 Å². The van der Waals surface area contributed by atoms with Crippen LogP contribution in [0.25, 0.3) is 0 Å². The van der Waals surface area contributed by atoms with Gasteiger partial charge in [-0.3, -0.25) is 0 Å². The number of aromatic nitrogens is 2. The zero-order valence-electron chi connectivity index (χ0n) is 11.9. The fraction of sp³-hybridized carbons (Fsp3) is 0.800. The van der Waals surface area contributed by atoms with Crippen LogP contribution in [0.15, 0.2) is 12.5 Å². The summed E-state index contributed by atoms with van der Waals surface area (Å²) in [5, 5.41) is 3.42. The number of hydrogen-bond donors (Lipinski definition) is 1. The predicted octanol–water partition coefficient (Wildman–Crippen LogP) is 3.52. The summed E-state index contributed by atoms with van der Waals surface area (Å²) in [6, 6.07) is 0.667. The summed E-state index contributed by atoms with van der Waals surface area (Å²) in [4.78, 5) is 4.53. The van der Waals surface area contributed by atoms with E-state index >= 15 is 0 Å². The maximum atomic E-state index is 4.53. The molecule has 1 aromatic rings. The van der Waals surface area contributed by atoms with Gasteiger partial charge in [-0.25, -0.2) is 4.98 Å². The Balaban J connectivity index is 1.95. The first-order valence-corrected chi connectivity index (χ1v) is 7.54. The van der Waals surface area contributed by atoms with Crippen molar-refractivity contribution in [3.05, 3.63) is 18.2 Å². The van der Waals surface area contributed by atoms with Crippen LogP contribution in [0.5, 0.6) is 0 Å². The van der Waals surface area contributed by atoms with E-state index in [9.17, 15) is 0 Å². The van der Waals surface area contributed by atoms with Crippen LogP contribution in [-0.4, -0.2) is 16.1 Å². The molecule has 2 unspecified atom stereocenters. The fourth-order valence-corrected chi connectivity index (χ4v) is 2.96. The zero-order valence-corrected chi connectivity index (χ0v) is 11.9. The molecule has 1 saturated carbocycles. The molecule has 1 aromatic heterocycles. The Morgan fingerprint density at radius 2 is 2.17 bits per heavy atom. The van der Waals surface area contributed by atoms with Gasteiger partial charge in [-0.15, -0.1) is 0 Å². The van der Waals surface area contributed by atoms with Crippen molar-refractivity contribution in [2.45, 2.75) is 65.0 Å². The lowest BCUT2D eigenvalue weighted by molar-refractivity contribution is 0.333. The molecule has 1 aliphatic carbocycles. The van der Waals surface area contributed by atoms with Crippen LogP contribution in [0, 0.1) is 5.92 Å². The van der Waals surface area contributed by atoms with Crippen molar-refractivity contribution in [1.29, 1.82) is 0 Å². The highest BCUT2D eigenvalue weighted by Gasteiger charge is 2.21. The van der Waals surface area contributed by atoms with Crippen LogP contribution in [0.2, 0.25) is 0 Å². The average Bonchev–Trinajstić information content (AvgIpc) is 2.72.